The van der Waals surface area contributed by atoms with Crippen molar-refractivity contribution in [2.45, 2.75) is 19.6 Å². The predicted octanol–water partition coefficient (Wildman–Crippen LogP) is 8.22. The van der Waals surface area contributed by atoms with Crippen LogP contribution in [0.5, 0.6) is 5.75 Å². The van der Waals surface area contributed by atoms with E-state index in [1.165, 1.54) is 23.9 Å². The lowest BCUT2D eigenvalue weighted by molar-refractivity contribution is -0.123. The molecular weight excluding hydrogens is 566 g/mol. The Morgan fingerprint density at radius 1 is 0.929 bits per heavy atom. The molecule has 1 aromatic heterocycles. The average molecular weight is 592 g/mol. The summed E-state index contributed by atoms with van der Waals surface area (Å²) in [5.41, 5.74) is 5.20. The normalized spacial score (nSPS) is 14.9. The number of rotatable bonds is 8. The molecule has 0 radical (unpaired) electrons. The summed E-state index contributed by atoms with van der Waals surface area (Å²) in [5, 5.41) is 4.90. The van der Waals surface area contributed by atoms with Gasteiger partial charge in [0, 0.05) is 17.3 Å². The second-order valence-corrected chi connectivity index (χ2v) is 11.5. The van der Waals surface area contributed by atoms with E-state index in [1.807, 2.05) is 109 Å². The molecule has 6 rings (SSSR count). The molecule has 5 nitrogen and oxygen atoms in total. The molecule has 1 unspecified atom stereocenters. The number of nitrogens with zero attached hydrogens (tertiary/aromatic N) is 3. The zero-order valence-corrected chi connectivity index (χ0v) is 24.3. The van der Waals surface area contributed by atoms with Gasteiger partial charge in [-0.2, -0.15) is 5.10 Å². The number of aromatic nitrogens is 2. The van der Waals surface area contributed by atoms with Gasteiger partial charge < -0.3 is 4.74 Å². The summed E-state index contributed by atoms with van der Waals surface area (Å²) in [7, 11) is 0. The Kier molecular flexibility index (Phi) is 7.99. The molecule has 1 aliphatic rings. The molecule has 4 aromatic carbocycles. The predicted molar refractivity (Wildman–Crippen MR) is 170 cm³/mol. The fourth-order valence-corrected chi connectivity index (χ4v) is 6.13. The number of benzene rings is 4. The fraction of sp³-hybridized carbons (Fsp3) is 0.0882. The van der Waals surface area contributed by atoms with E-state index >= 15 is 0 Å². The number of amides is 1. The summed E-state index contributed by atoms with van der Waals surface area (Å²) in [4.78, 5) is 15.8. The van der Waals surface area contributed by atoms with Crippen molar-refractivity contribution in [3.05, 3.63) is 143 Å². The second-order valence-electron chi connectivity index (χ2n) is 9.79. The maximum Gasteiger partial charge on any atom is 0.266 e. The van der Waals surface area contributed by atoms with Gasteiger partial charge >= 0.3 is 0 Å². The summed E-state index contributed by atoms with van der Waals surface area (Å²) in [6.07, 6.45) is 3.80. The highest BCUT2D eigenvalue weighted by Gasteiger charge is 2.36. The van der Waals surface area contributed by atoms with Crippen LogP contribution in [0.1, 0.15) is 29.7 Å². The van der Waals surface area contributed by atoms with Crippen LogP contribution in [0.3, 0.4) is 0 Å². The van der Waals surface area contributed by atoms with E-state index < -0.39 is 0 Å². The highest BCUT2D eigenvalue weighted by molar-refractivity contribution is 8.26. The molecule has 0 saturated carbocycles. The van der Waals surface area contributed by atoms with Crippen LogP contribution in [-0.2, 0) is 11.4 Å². The molecule has 1 saturated heterocycles. The van der Waals surface area contributed by atoms with Gasteiger partial charge in [0.15, 0.2) is 0 Å². The third-order valence-electron chi connectivity index (χ3n) is 6.99. The van der Waals surface area contributed by atoms with Crippen molar-refractivity contribution in [1.29, 1.82) is 0 Å². The lowest BCUT2D eigenvalue weighted by atomic mass is 10.1. The zero-order chi connectivity index (χ0) is 29.1. The number of thioether (sulfide) groups is 1. The summed E-state index contributed by atoms with van der Waals surface area (Å²) >= 11 is 6.95. The zero-order valence-electron chi connectivity index (χ0n) is 22.7. The highest BCUT2D eigenvalue weighted by atomic mass is 32.2. The smallest absolute Gasteiger partial charge is 0.266 e. The van der Waals surface area contributed by atoms with Crippen molar-refractivity contribution in [2.24, 2.45) is 0 Å². The number of ether oxygens (including phenoxy) is 1. The van der Waals surface area contributed by atoms with E-state index in [0.29, 0.717) is 21.6 Å². The van der Waals surface area contributed by atoms with Crippen molar-refractivity contribution >= 4 is 40.3 Å². The monoisotopic (exact) mass is 591 g/mol. The van der Waals surface area contributed by atoms with Gasteiger partial charge in [-0.1, -0.05) is 84.6 Å². The fourth-order valence-electron chi connectivity index (χ4n) is 4.72. The first-order chi connectivity index (χ1) is 20.5. The Bertz CT molecular complexity index is 1750. The Morgan fingerprint density at radius 2 is 1.60 bits per heavy atom. The third kappa shape index (κ3) is 5.91. The Morgan fingerprint density at radius 3 is 2.29 bits per heavy atom. The Labute approximate surface area is 253 Å². The van der Waals surface area contributed by atoms with Crippen LogP contribution >= 0.6 is 24.0 Å². The maximum atomic E-state index is 13.6. The number of hydrogen-bond donors (Lipinski definition) is 0. The first-order valence-corrected chi connectivity index (χ1v) is 14.6. The van der Waals surface area contributed by atoms with Gasteiger partial charge in [0.2, 0.25) is 0 Å². The second kappa shape index (κ2) is 12.1. The molecule has 1 aliphatic heterocycles. The van der Waals surface area contributed by atoms with Crippen molar-refractivity contribution in [2.75, 3.05) is 0 Å². The quantitative estimate of drug-likeness (QED) is 0.134. The molecule has 1 amide bonds. The maximum absolute atomic E-state index is 13.6. The first kappa shape index (κ1) is 27.6. The number of hydrogen-bond acceptors (Lipinski definition) is 5. The lowest BCUT2D eigenvalue weighted by Gasteiger charge is -2.23. The molecule has 1 atom stereocenters. The van der Waals surface area contributed by atoms with Crippen LogP contribution in [0.2, 0.25) is 0 Å². The van der Waals surface area contributed by atoms with Gasteiger partial charge in [0.05, 0.1) is 22.3 Å². The summed E-state index contributed by atoms with van der Waals surface area (Å²) in [5.74, 6) is 0.286. The lowest BCUT2D eigenvalue weighted by Crippen LogP contribution is -2.30. The minimum absolute atomic E-state index is 0.121. The number of halogens is 1. The minimum Gasteiger partial charge on any atom is -0.489 e. The van der Waals surface area contributed by atoms with Gasteiger partial charge in [-0.3, -0.25) is 9.69 Å². The number of carbonyl (C=O) groups excluding carboxylic acids is 1. The molecule has 0 spiro atoms. The molecule has 42 heavy (non-hydrogen) atoms. The van der Waals surface area contributed by atoms with Gasteiger partial charge in [-0.05, 0) is 72.7 Å². The van der Waals surface area contributed by atoms with Crippen LogP contribution < -0.4 is 4.74 Å². The van der Waals surface area contributed by atoms with Crippen molar-refractivity contribution in [3.63, 3.8) is 0 Å². The van der Waals surface area contributed by atoms with E-state index in [1.54, 1.807) is 17.0 Å². The van der Waals surface area contributed by atoms with Gasteiger partial charge in [0.1, 0.15) is 22.5 Å². The Hall–Kier alpha value is -4.53. The summed E-state index contributed by atoms with van der Waals surface area (Å²) in [6, 6.07) is 33.4. The third-order valence-corrected chi connectivity index (χ3v) is 8.32. The van der Waals surface area contributed by atoms with Crippen LogP contribution in [0.25, 0.3) is 23.0 Å². The highest BCUT2D eigenvalue weighted by Crippen LogP contribution is 2.39. The average Bonchev–Trinajstić information content (AvgIpc) is 3.57. The molecule has 8 heteroatoms. The van der Waals surface area contributed by atoms with Gasteiger partial charge in [-0.25, -0.2) is 9.07 Å². The van der Waals surface area contributed by atoms with Crippen LogP contribution in [0.15, 0.2) is 120 Å². The molecule has 1 fully saturated rings. The number of para-hydroxylation sites is 1. The molecule has 208 valence electrons. The standard InChI is InChI=1S/C34H26FN3O2S2/c1-23(25-8-4-2-5-9-25)38-33(39)31(42-34(38)41)20-27-21-37(29-10-6-3-7-11-29)36-32(27)26-14-18-30(19-15-26)40-22-24-12-16-28(35)17-13-24/h2-21,23H,22H2,1H3/b31-20-. The van der Waals surface area contributed by atoms with Crippen LogP contribution in [-0.4, -0.2) is 24.9 Å². The molecule has 0 N–H and O–H groups in total. The van der Waals surface area contributed by atoms with E-state index in [-0.39, 0.29) is 17.8 Å². The molecule has 0 bridgehead atoms. The van der Waals surface area contributed by atoms with Crippen molar-refractivity contribution < 1.29 is 13.9 Å². The van der Waals surface area contributed by atoms with Gasteiger partial charge in [-0.15, -0.1) is 0 Å². The van der Waals surface area contributed by atoms with E-state index in [2.05, 4.69) is 0 Å². The Balaban J connectivity index is 1.30. The molecular formula is C34H26FN3O2S2. The molecule has 0 aliphatic carbocycles. The molecule has 2 heterocycles. The first-order valence-electron chi connectivity index (χ1n) is 13.4. The summed E-state index contributed by atoms with van der Waals surface area (Å²) in [6.45, 7) is 2.32. The number of carbonyl (C=O) groups is 1. The van der Waals surface area contributed by atoms with Crippen LogP contribution in [0, 0.1) is 5.82 Å². The van der Waals surface area contributed by atoms with Crippen molar-refractivity contribution in [1.82, 2.24) is 14.7 Å². The number of thiocarbonyl (C=S) groups is 1. The minimum atomic E-state index is -0.276. The SMILES string of the molecule is CC(c1ccccc1)N1C(=O)/C(=C/c2cn(-c3ccccc3)nc2-c2ccc(OCc3ccc(F)cc3)cc2)SC1=S. The van der Waals surface area contributed by atoms with E-state index in [4.69, 9.17) is 22.1 Å². The van der Waals surface area contributed by atoms with E-state index in [0.717, 1.165) is 33.6 Å². The molecule has 5 aromatic rings. The van der Waals surface area contributed by atoms with Crippen molar-refractivity contribution in [3.8, 4) is 22.7 Å². The largest absolute Gasteiger partial charge is 0.489 e. The van der Waals surface area contributed by atoms with E-state index in [9.17, 15) is 9.18 Å². The van der Waals surface area contributed by atoms with Crippen LogP contribution in [0.4, 0.5) is 4.39 Å². The summed E-state index contributed by atoms with van der Waals surface area (Å²) < 4.78 is 21.5. The van der Waals surface area contributed by atoms with Gasteiger partial charge in [0.25, 0.3) is 5.91 Å². The topological polar surface area (TPSA) is 47.4 Å².